The van der Waals surface area contributed by atoms with Gasteiger partial charge in [-0.05, 0) is 109 Å². The van der Waals surface area contributed by atoms with Crippen molar-refractivity contribution in [1.82, 2.24) is 29.9 Å². The Morgan fingerprint density at radius 2 is 1.80 bits per heavy atom. The van der Waals surface area contributed by atoms with Crippen LogP contribution in [-0.2, 0) is 37.1 Å². The number of likely N-dealkylation sites (tertiary alicyclic amines) is 1. The molecule has 3 aliphatic heterocycles. The fourth-order valence-electron chi connectivity index (χ4n) is 9.75. The smallest absolute Gasteiger partial charge is 0.378 e. The highest BCUT2D eigenvalue weighted by atomic mass is 32.1. The molecule has 18 heteroatoms. The van der Waals surface area contributed by atoms with Crippen molar-refractivity contribution in [3.8, 4) is 6.07 Å². The van der Waals surface area contributed by atoms with E-state index in [4.69, 9.17) is 17.0 Å². The van der Waals surface area contributed by atoms with E-state index >= 15 is 0 Å². The lowest BCUT2D eigenvalue weighted by Gasteiger charge is -2.42. The van der Waals surface area contributed by atoms with Crippen molar-refractivity contribution in [3.63, 3.8) is 0 Å². The molecule has 0 radical (unpaired) electrons. The maximum atomic E-state index is 13.7. The minimum Gasteiger partial charge on any atom is -0.378 e. The van der Waals surface area contributed by atoms with Crippen LogP contribution in [0.2, 0.25) is 0 Å². The van der Waals surface area contributed by atoms with E-state index in [0.29, 0.717) is 48.7 Å². The topological polar surface area (TPSA) is 166 Å². The number of piperidine rings is 2. The summed E-state index contributed by atoms with van der Waals surface area (Å²) in [6.07, 6.45) is 2.53. The average molecular weight is 850 g/mol. The molecule has 3 saturated heterocycles. The number of rotatable bonds is 10. The minimum atomic E-state index is -4.83. The van der Waals surface area contributed by atoms with Gasteiger partial charge < -0.3 is 15.0 Å². The molecule has 320 valence electrons. The van der Waals surface area contributed by atoms with Crippen molar-refractivity contribution in [2.75, 3.05) is 23.4 Å². The molecular formula is C42H50F3N9O5S. The van der Waals surface area contributed by atoms with Gasteiger partial charge in [-0.3, -0.25) is 39.0 Å². The van der Waals surface area contributed by atoms with E-state index in [9.17, 15) is 37.6 Å². The Hall–Kier alpha value is -4.99. The number of carbonyl (C=O) groups is 4. The first-order valence-electron chi connectivity index (χ1n) is 20.5. The first-order valence-corrected chi connectivity index (χ1v) is 20.9. The van der Waals surface area contributed by atoms with Crippen LogP contribution < -0.4 is 15.5 Å². The van der Waals surface area contributed by atoms with E-state index in [-0.39, 0.29) is 65.7 Å². The largest absolute Gasteiger partial charge is 0.419 e. The van der Waals surface area contributed by atoms with Gasteiger partial charge in [0.05, 0.1) is 52.9 Å². The monoisotopic (exact) mass is 849 g/mol. The molecule has 2 N–H and O–H groups in total. The van der Waals surface area contributed by atoms with Crippen molar-refractivity contribution in [2.45, 2.75) is 127 Å². The number of amides is 4. The van der Waals surface area contributed by atoms with Crippen LogP contribution in [-0.4, -0.2) is 96.2 Å². The maximum Gasteiger partial charge on any atom is 0.419 e. The standard InChI is InChI=1S/C42H50F3N9O5S/c1-23-17-25(18-24(2)52(23)22-35(56)48-32-8-6-7-29-36(50-51(5)37(29)32)30-13-14-34(55)49-38(30)57)15-16-59-28-11-9-26(10-12-28)54-40(60)53(39(58)41(54,3)4)27-19-31(42(43,44)45)33(20-46)47-21-27/h6-8,19,21,23-26,28,30H,9-18,22H2,1-5H3,(H,48,56)(H,49,55,57)/t23-,24+,25?,26-,28-,30?. The van der Waals surface area contributed by atoms with Gasteiger partial charge in [0.15, 0.2) is 10.8 Å². The second-order valence-electron chi connectivity index (χ2n) is 17.1. The molecule has 2 aromatic heterocycles. The third-order valence-corrected chi connectivity index (χ3v) is 13.1. The molecule has 7 rings (SSSR count). The first-order chi connectivity index (χ1) is 28.4. The van der Waals surface area contributed by atoms with Gasteiger partial charge in [-0.1, -0.05) is 12.1 Å². The number of halogens is 3. The number of benzene rings is 1. The number of alkyl halides is 3. The Morgan fingerprint density at radius 3 is 2.45 bits per heavy atom. The quantitative estimate of drug-likeness (QED) is 0.183. The molecule has 4 atom stereocenters. The van der Waals surface area contributed by atoms with Crippen LogP contribution in [0.15, 0.2) is 30.5 Å². The summed E-state index contributed by atoms with van der Waals surface area (Å²) in [5, 5.41) is 20.2. The van der Waals surface area contributed by atoms with Gasteiger partial charge in [-0.25, -0.2) is 4.98 Å². The lowest BCUT2D eigenvalue weighted by molar-refractivity contribution is -0.138. The zero-order valence-electron chi connectivity index (χ0n) is 34.3. The van der Waals surface area contributed by atoms with Crippen LogP contribution in [0.3, 0.4) is 0 Å². The number of nitrogens with one attached hydrogen (secondary N) is 2. The highest BCUT2D eigenvalue weighted by molar-refractivity contribution is 7.80. The van der Waals surface area contributed by atoms with Gasteiger partial charge in [0, 0.05) is 43.6 Å². The first kappa shape index (κ1) is 43.1. The average Bonchev–Trinajstić information content (AvgIpc) is 3.61. The number of aromatic nitrogens is 3. The molecule has 0 bridgehead atoms. The summed E-state index contributed by atoms with van der Waals surface area (Å²) in [5.74, 6) is -1.36. The van der Waals surface area contributed by atoms with Crippen LogP contribution in [0.1, 0.15) is 108 Å². The predicted octanol–water partition coefficient (Wildman–Crippen LogP) is 5.94. The van der Waals surface area contributed by atoms with Crippen LogP contribution in [0.25, 0.3) is 10.9 Å². The van der Waals surface area contributed by atoms with Gasteiger partial charge in [0.25, 0.3) is 5.91 Å². The number of fused-ring (bicyclic) bond motifs is 1. The molecule has 1 saturated carbocycles. The van der Waals surface area contributed by atoms with Crippen molar-refractivity contribution >= 4 is 63.2 Å². The Labute approximate surface area is 351 Å². The Kier molecular flexibility index (Phi) is 12.1. The van der Waals surface area contributed by atoms with Gasteiger partial charge in [-0.15, -0.1) is 0 Å². The molecule has 0 spiro atoms. The SMILES string of the molecule is C[C@@H]1CC(CCO[C@H]2CC[C@H](N3C(=S)N(c4cnc(C#N)c(C(F)(F)F)c4)C(=O)C3(C)C)CC2)C[C@H](C)N1CC(=O)Nc1cccc2c(C3CCC(=O)NC3=O)nn(C)c12. The lowest BCUT2D eigenvalue weighted by Crippen LogP contribution is -2.51. The number of anilines is 2. The summed E-state index contributed by atoms with van der Waals surface area (Å²) in [4.78, 5) is 60.3. The molecule has 2 unspecified atom stereocenters. The molecule has 1 aromatic carbocycles. The molecular weight excluding hydrogens is 800 g/mol. The number of aryl methyl sites for hydroxylation is 1. The number of ether oxygens (including phenoxy) is 1. The molecule has 3 aromatic rings. The van der Waals surface area contributed by atoms with E-state index < -0.39 is 34.8 Å². The summed E-state index contributed by atoms with van der Waals surface area (Å²) in [6, 6.07) is 8.00. The minimum absolute atomic E-state index is 0.0343. The summed E-state index contributed by atoms with van der Waals surface area (Å²) < 4.78 is 49.2. The Bertz CT molecular complexity index is 2240. The summed E-state index contributed by atoms with van der Waals surface area (Å²) >= 11 is 5.73. The zero-order valence-corrected chi connectivity index (χ0v) is 35.2. The number of carbonyl (C=O) groups excluding carboxylic acids is 4. The van der Waals surface area contributed by atoms with Crippen molar-refractivity contribution in [3.05, 3.63) is 47.4 Å². The third kappa shape index (κ3) is 8.35. The van der Waals surface area contributed by atoms with E-state index in [1.165, 1.54) is 6.07 Å². The summed E-state index contributed by atoms with van der Waals surface area (Å²) in [5.41, 5.74) is -1.29. The molecule has 5 heterocycles. The number of hydrogen-bond acceptors (Lipinski definition) is 10. The van der Waals surface area contributed by atoms with Gasteiger partial charge in [0.1, 0.15) is 11.6 Å². The van der Waals surface area contributed by atoms with Gasteiger partial charge in [0.2, 0.25) is 17.7 Å². The third-order valence-electron chi connectivity index (χ3n) is 12.7. The molecule has 4 fully saturated rings. The Morgan fingerprint density at radius 1 is 1.10 bits per heavy atom. The van der Waals surface area contributed by atoms with Gasteiger partial charge >= 0.3 is 6.18 Å². The van der Waals surface area contributed by atoms with Crippen molar-refractivity contribution < 1.29 is 37.1 Å². The molecule has 14 nitrogen and oxygen atoms in total. The second-order valence-corrected chi connectivity index (χ2v) is 17.5. The van der Waals surface area contributed by atoms with Crippen molar-refractivity contribution in [2.24, 2.45) is 13.0 Å². The molecule has 60 heavy (non-hydrogen) atoms. The number of hydrogen-bond donors (Lipinski definition) is 2. The van der Waals surface area contributed by atoms with Crippen LogP contribution >= 0.6 is 12.2 Å². The Balaban J connectivity index is 0.884. The molecule has 4 amide bonds. The van der Waals surface area contributed by atoms with Crippen molar-refractivity contribution in [1.29, 1.82) is 5.26 Å². The highest BCUT2D eigenvalue weighted by Crippen LogP contribution is 2.41. The maximum absolute atomic E-state index is 13.7. The number of thiocarbonyl (C=S) groups is 1. The van der Waals surface area contributed by atoms with Crippen LogP contribution in [0.5, 0.6) is 0 Å². The summed E-state index contributed by atoms with van der Waals surface area (Å²) in [7, 11) is 1.78. The number of nitrogens with zero attached hydrogens (tertiary/aromatic N) is 7. The number of nitriles is 1. The fraction of sp³-hybridized carbons (Fsp3) is 0.571. The van der Waals surface area contributed by atoms with E-state index in [0.717, 1.165) is 54.7 Å². The van der Waals surface area contributed by atoms with E-state index in [1.807, 2.05) is 23.1 Å². The molecule has 4 aliphatic rings. The molecule has 1 aliphatic carbocycles. The lowest BCUT2D eigenvalue weighted by atomic mass is 9.85. The fourth-order valence-corrected chi connectivity index (χ4v) is 10.3. The van der Waals surface area contributed by atoms with E-state index in [1.54, 1.807) is 25.6 Å². The van der Waals surface area contributed by atoms with Gasteiger partial charge in [-0.2, -0.15) is 23.5 Å². The normalized spacial score (nSPS) is 26.4. The van der Waals surface area contributed by atoms with E-state index in [2.05, 4.69) is 39.5 Å². The second kappa shape index (κ2) is 16.8. The van der Waals surface area contributed by atoms with Crippen LogP contribution in [0.4, 0.5) is 24.5 Å². The summed E-state index contributed by atoms with van der Waals surface area (Å²) in [6.45, 7) is 8.56. The predicted molar refractivity (Wildman–Crippen MR) is 219 cm³/mol. The number of para-hydroxylation sites is 1. The zero-order chi connectivity index (χ0) is 43.3. The highest BCUT2D eigenvalue weighted by Gasteiger charge is 2.53. The number of pyridine rings is 1. The van der Waals surface area contributed by atoms with Crippen LogP contribution in [0, 0.1) is 17.2 Å². The number of imide groups is 1.